The lowest BCUT2D eigenvalue weighted by molar-refractivity contribution is 0.0485. The van der Waals surface area contributed by atoms with Crippen molar-refractivity contribution in [3.8, 4) is 0 Å². The predicted octanol–water partition coefficient (Wildman–Crippen LogP) is 1.83. The van der Waals surface area contributed by atoms with Crippen LogP contribution in [0, 0.1) is 0 Å². The molecule has 2 aromatic carbocycles. The van der Waals surface area contributed by atoms with Gasteiger partial charge >= 0.3 is 5.97 Å². The van der Waals surface area contributed by atoms with E-state index in [-0.39, 0.29) is 35.4 Å². The SMILES string of the molecule is CNS(=O)(=O)c1cccc(C(=O)OCCCCN2C(=O)c3ccccc3C2=O)c1. The molecule has 152 valence electrons. The van der Waals surface area contributed by atoms with Crippen molar-refractivity contribution in [1.82, 2.24) is 9.62 Å². The number of sulfonamides is 1. The zero-order chi connectivity index (χ0) is 21.0. The van der Waals surface area contributed by atoms with E-state index in [0.29, 0.717) is 24.0 Å². The molecule has 0 atom stereocenters. The third kappa shape index (κ3) is 4.36. The minimum absolute atomic E-state index is 0.0277. The second kappa shape index (κ2) is 8.54. The number of rotatable bonds is 8. The van der Waals surface area contributed by atoms with E-state index in [9.17, 15) is 22.8 Å². The number of carbonyl (C=O) groups is 3. The molecule has 29 heavy (non-hydrogen) atoms. The molecule has 0 spiro atoms. The van der Waals surface area contributed by atoms with Gasteiger partial charge in [-0.25, -0.2) is 17.9 Å². The lowest BCUT2D eigenvalue weighted by Gasteiger charge is -2.13. The van der Waals surface area contributed by atoms with Crippen molar-refractivity contribution in [2.75, 3.05) is 20.2 Å². The highest BCUT2D eigenvalue weighted by Gasteiger charge is 2.34. The molecule has 1 N–H and O–H groups in total. The number of amides is 2. The van der Waals surface area contributed by atoms with Crippen LogP contribution in [0.2, 0.25) is 0 Å². The van der Waals surface area contributed by atoms with Crippen molar-refractivity contribution in [2.24, 2.45) is 0 Å². The maximum absolute atomic E-state index is 12.3. The Morgan fingerprint density at radius 2 is 1.66 bits per heavy atom. The Hall–Kier alpha value is -3.04. The Bertz CT molecular complexity index is 1030. The number of benzene rings is 2. The molecule has 0 fully saturated rings. The largest absolute Gasteiger partial charge is 0.462 e. The molecular formula is C20H20N2O6S. The zero-order valence-corrected chi connectivity index (χ0v) is 16.6. The maximum atomic E-state index is 12.3. The minimum atomic E-state index is -3.65. The number of ether oxygens (including phenoxy) is 1. The van der Waals surface area contributed by atoms with Gasteiger partial charge in [0, 0.05) is 6.54 Å². The third-order valence-corrected chi connectivity index (χ3v) is 5.95. The standard InChI is InChI=1S/C20H20N2O6S/c1-21-29(26,27)15-8-6-7-14(13-15)20(25)28-12-5-4-11-22-18(23)16-9-2-3-10-17(16)19(22)24/h2-3,6-10,13,21H,4-5,11-12H2,1H3. The number of unbranched alkanes of at least 4 members (excludes halogenated alkanes) is 1. The van der Waals surface area contributed by atoms with E-state index in [1.165, 1.54) is 36.2 Å². The fourth-order valence-electron chi connectivity index (χ4n) is 2.97. The second-order valence-electron chi connectivity index (χ2n) is 6.39. The Kier molecular flexibility index (Phi) is 6.09. The number of nitrogens with zero attached hydrogens (tertiary/aromatic N) is 1. The van der Waals surface area contributed by atoms with Crippen LogP contribution >= 0.6 is 0 Å². The molecule has 1 heterocycles. The highest BCUT2D eigenvalue weighted by atomic mass is 32.2. The summed E-state index contributed by atoms with van der Waals surface area (Å²) in [5.41, 5.74) is 0.933. The lowest BCUT2D eigenvalue weighted by Crippen LogP contribution is -2.30. The molecule has 0 bridgehead atoms. The Labute approximate surface area is 168 Å². The summed E-state index contributed by atoms with van der Waals surface area (Å²) >= 11 is 0. The van der Waals surface area contributed by atoms with Crippen LogP contribution in [0.1, 0.15) is 43.9 Å². The van der Waals surface area contributed by atoms with Crippen LogP contribution in [-0.4, -0.2) is 51.3 Å². The predicted molar refractivity (Wildman–Crippen MR) is 104 cm³/mol. The third-order valence-electron chi connectivity index (χ3n) is 4.54. The molecule has 1 aliphatic heterocycles. The average molecular weight is 416 g/mol. The van der Waals surface area contributed by atoms with Gasteiger partial charge in [-0.15, -0.1) is 0 Å². The summed E-state index contributed by atoms with van der Waals surface area (Å²) in [5.74, 6) is -1.27. The van der Waals surface area contributed by atoms with Gasteiger partial charge in [0.15, 0.2) is 0 Å². The molecule has 0 saturated heterocycles. The van der Waals surface area contributed by atoms with Gasteiger partial charge in [-0.05, 0) is 50.2 Å². The normalized spacial score (nSPS) is 13.5. The molecule has 9 heteroatoms. The van der Waals surface area contributed by atoms with Gasteiger partial charge in [-0.2, -0.15) is 0 Å². The molecule has 0 aliphatic carbocycles. The van der Waals surface area contributed by atoms with Crippen molar-refractivity contribution in [2.45, 2.75) is 17.7 Å². The van der Waals surface area contributed by atoms with Crippen LogP contribution in [0.15, 0.2) is 53.4 Å². The first-order chi connectivity index (χ1) is 13.8. The molecule has 0 saturated carbocycles. The Balaban J connectivity index is 1.48. The fraction of sp³-hybridized carbons (Fsp3) is 0.250. The molecule has 0 radical (unpaired) electrons. The second-order valence-corrected chi connectivity index (χ2v) is 8.27. The van der Waals surface area contributed by atoms with Crippen LogP contribution in [0.5, 0.6) is 0 Å². The highest BCUT2D eigenvalue weighted by molar-refractivity contribution is 7.89. The number of hydrogen-bond acceptors (Lipinski definition) is 6. The molecule has 0 unspecified atom stereocenters. The molecule has 1 aliphatic rings. The van der Waals surface area contributed by atoms with E-state index < -0.39 is 16.0 Å². The van der Waals surface area contributed by atoms with Gasteiger partial charge in [0.1, 0.15) is 0 Å². The van der Waals surface area contributed by atoms with E-state index in [4.69, 9.17) is 4.74 Å². The number of imide groups is 1. The molecule has 0 aromatic heterocycles. The number of fused-ring (bicyclic) bond motifs is 1. The van der Waals surface area contributed by atoms with Crippen molar-refractivity contribution >= 4 is 27.8 Å². The molecule has 2 amide bonds. The first-order valence-corrected chi connectivity index (χ1v) is 10.5. The van der Waals surface area contributed by atoms with Gasteiger partial charge in [0.25, 0.3) is 11.8 Å². The van der Waals surface area contributed by atoms with Gasteiger partial charge < -0.3 is 4.74 Å². The van der Waals surface area contributed by atoms with E-state index in [0.717, 1.165) is 0 Å². The van der Waals surface area contributed by atoms with Crippen LogP contribution < -0.4 is 4.72 Å². The monoisotopic (exact) mass is 416 g/mol. The van der Waals surface area contributed by atoms with Gasteiger partial charge in [-0.3, -0.25) is 14.5 Å². The molecule has 2 aromatic rings. The summed E-state index contributed by atoms with van der Waals surface area (Å²) in [6.07, 6.45) is 0.931. The van der Waals surface area contributed by atoms with Gasteiger partial charge in [0.05, 0.1) is 28.2 Å². The fourth-order valence-corrected chi connectivity index (χ4v) is 3.75. The number of nitrogens with one attached hydrogen (secondary N) is 1. The van der Waals surface area contributed by atoms with E-state index >= 15 is 0 Å². The first kappa shape index (κ1) is 20.7. The molecule has 3 rings (SSSR count). The maximum Gasteiger partial charge on any atom is 0.338 e. The number of esters is 1. The topological polar surface area (TPSA) is 110 Å². The van der Waals surface area contributed by atoms with E-state index in [2.05, 4.69) is 4.72 Å². The summed E-state index contributed by atoms with van der Waals surface area (Å²) in [7, 11) is -2.37. The van der Waals surface area contributed by atoms with Crippen molar-refractivity contribution in [3.05, 3.63) is 65.2 Å². The minimum Gasteiger partial charge on any atom is -0.462 e. The van der Waals surface area contributed by atoms with Crippen molar-refractivity contribution < 1.29 is 27.5 Å². The number of hydrogen-bond donors (Lipinski definition) is 1. The Morgan fingerprint density at radius 1 is 1.00 bits per heavy atom. The summed E-state index contributed by atoms with van der Waals surface area (Å²) < 4.78 is 31.0. The molecular weight excluding hydrogens is 396 g/mol. The summed E-state index contributed by atoms with van der Waals surface area (Å²) in [6.45, 7) is 0.324. The van der Waals surface area contributed by atoms with Gasteiger partial charge in [0.2, 0.25) is 10.0 Å². The molecule has 8 nitrogen and oxygen atoms in total. The zero-order valence-electron chi connectivity index (χ0n) is 15.8. The summed E-state index contributed by atoms with van der Waals surface area (Å²) in [6, 6.07) is 12.2. The lowest BCUT2D eigenvalue weighted by atomic mass is 10.1. The van der Waals surface area contributed by atoms with Crippen LogP contribution in [0.25, 0.3) is 0 Å². The van der Waals surface area contributed by atoms with Crippen LogP contribution in [0.4, 0.5) is 0 Å². The first-order valence-electron chi connectivity index (χ1n) is 9.01. The number of carbonyl (C=O) groups excluding carboxylic acids is 3. The Morgan fingerprint density at radius 3 is 2.28 bits per heavy atom. The average Bonchev–Trinajstić information content (AvgIpc) is 2.98. The smallest absolute Gasteiger partial charge is 0.338 e. The van der Waals surface area contributed by atoms with E-state index in [1.807, 2.05) is 0 Å². The van der Waals surface area contributed by atoms with Gasteiger partial charge in [-0.1, -0.05) is 18.2 Å². The van der Waals surface area contributed by atoms with Crippen LogP contribution in [-0.2, 0) is 14.8 Å². The highest BCUT2D eigenvalue weighted by Crippen LogP contribution is 2.22. The van der Waals surface area contributed by atoms with E-state index in [1.54, 1.807) is 24.3 Å². The van der Waals surface area contributed by atoms with Crippen molar-refractivity contribution in [1.29, 1.82) is 0 Å². The van der Waals surface area contributed by atoms with Crippen molar-refractivity contribution in [3.63, 3.8) is 0 Å². The quantitative estimate of drug-likeness (QED) is 0.399. The summed E-state index contributed by atoms with van der Waals surface area (Å²) in [4.78, 5) is 37.8. The van der Waals surface area contributed by atoms with Crippen LogP contribution in [0.3, 0.4) is 0 Å². The summed E-state index contributed by atoms with van der Waals surface area (Å²) in [5, 5.41) is 0.